The molecule has 4 rings (SSSR count). The van der Waals surface area contributed by atoms with Crippen molar-refractivity contribution in [3.63, 3.8) is 0 Å². The van der Waals surface area contributed by atoms with Gasteiger partial charge in [0.15, 0.2) is 0 Å². The van der Waals surface area contributed by atoms with Gasteiger partial charge in [0.25, 0.3) is 0 Å². The Balaban J connectivity index is 1.42. The van der Waals surface area contributed by atoms with E-state index in [1.807, 2.05) is 12.1 Å². The number of ether oxygens (including phenoxy) is 1. The SMILES string of the molecule is C#CCOc1cccc(CN2C[C@@H]3ON=C(c4ccc(C)cc4)[C@@H]3C2)c1. The predicted molar refractivity (Wildman–Crippen MR) is 102 cm³/mol. The molecule has 0 amide bonds. The minimum Gasteiger partial charge on any atom is -0.481 e. The molecule has 0 unspecified atom stereocenters. The maximum absolute atomic E-state index is 5.72. The third-order valence-electron chi connectivity index (χ3n) is 4.95. The average Bonchev–Trinajstić information content (AvgIpc) is 3.21. The Morgan fingerprint density at radius 3 is 2.88 bits per heavy atom. The summed E-state index contributed by atoms with van der Waals surface area (Å²) in [5.74, 6) is 3.65. The molecule has 0 radical (unpaired) electrons. The quantitative estimate of drug-likeness (QED) is 0.780. The van der Waals surface area contributed by atoms with Crippen LogP contribution in [0.2, 0.25) is 0 Å². The van der Waals surface area contributed by atoms with E-state index in [1.165, 1.54) is 11.1 Å². The highest BCUT2D eigenvalue weighted by molar-refractivity contribution is 6.03. The van der Waals surface area contributed by atoms with E-state index in [4.69, 9.17) is 16.0 Å². The van der Waals surface area contributed by atoms with E-state index in [9.17, 15) is 0 Å². The van der Waals surface area contributed by atoms with Gasteiger partial charge in [-0.05, 0) is 30.2 Å². The van der Waals surface area contributed by atoms with Crippen molar-refractivity contribution in [2.24, 2.45) is 11.1 Å². The summed E-state index contributed by atoms with van der Waals surface area (Å²) in [5, 5.41) is 4.36. The van der Waals surface area contributed by atoms with Gasteiger partial charge in [-0.1, -0.05) is 53.0 Å². The number of terminal acetylenes is 1. The summed E-state index contributed by atoms with van der Waals surface area (Å²) < 4.78 is 5.52. The average molecular weight is 346 g/mol. The van der Waals surface area contributed by atoms with Gasteiger partial charge in [0.2, 0.25) is 0 Å². The predicted octanol–water partition coefficient (Wildman–Crippen LogP) is 3.24. The second-order valence-electron chi connectivity index (χ2n) is 6.93. The van der Waals surface area contributed by atoms with E-state index in [0.29, 0.717) is 12.5 Å². The summed E-state index contributed by atoms with van der Waals surface area (Å²) in [5.41, 5.74) is 4.70. The van der Waals surface area contributed by atoms with Crippen LogP contribution in [0.4, 0.5) is 0 Å². The Labute approximate surface area is 154 Å². The fourth-order valence-corrected chi connectivity index (χ4v) is 3.65. The lowest BCUT2D eigenvalue weighted by atomic mass is 9.94. The van der Waals surface area contributed by atoms with Crippen LogP contribution in [0.3, 0.4) is 0 Å². The Kier molecular flexibility index (Phi) is 4.64. The molecule has 0 spiro atoms. The highest BCUT2D eigenvalue weighted by atomic mass is 16.6. The molecule has 2 aromatic rings. The van der Waals surface area contributed by atoms with Crippen LogP contribution < -0.4 is 4.74 Å². The summed E-state index contributed by atoms with van der Waals surface area (Å²) in [4.78, 5) is 8.13. The number of fused-ring (bicyclic) bond motifs is 1. The molecule has 2 aliphatic rings. The van der Waals surface area contributed by atoms with Crippen LogP contribution in [0.5, 0.6) is 5.75 Å². The molecule has 26 heavy (non-hydrogen) atoms. The van der Waals surface area contributed by atoms with Crippen LogP contribution in [0.25, 0.3) is 0 Å². The van der Waals surface area contributed by atoms with Crippen molar-refractivity contribution < 1.29 is 9.57 Å². The van der Waals surface area contributed by atoms with Gasteiger partial charge in [-0.15, -0.1) is 6.42 Å². The molecule has 132 valence electrons. The maximum atomic E-state index is 5.72. The van der Waals surface area contributed by atoms with E-state index in [1.54, 1.807) is 0 Å². The minimum absolute atomic E-state index is 0.146. The zero-order valence-electron chi connectivity index (χ0n) is 14.9. The molecule has 1 fully saturated rings. The molecule has 0 aliphatic carbocycles. The molecule has 4 nitrogen and oxygen atoms in total. The lowest BCUT2D eigenvalue weighted by Gasteiger charge is -2.17. The van der Waals surface area contributed by atoms with Gasteiger partial charge in [-0.25, -0.2) is 0 Å². The molecule has 0 bridgehead atoms. The fraction of sp³-hybridized carbons (Fsp3) is 0.318. The van der Waals surface area contributed by atoms with Gasteiger partial charge < -0.3 is 9.57 Å². The number of likely N-dealkylation sites (tertiary alicyclic amines) is 1. The first-order valence-corrected chi connectivity index (χ1v) is 8.91. The minimum atomic E-state index is 0.146. The topological polar surface area (TPSA) is 34.1 Å². The second kappa shape index (κ2) is 7.23. The largest absolute Gasteiger partial charge is 0.481 e. The van der Waals surface area contributed by atoms with Crippen molar-refractivity contribution in [1.29, 1.82) is 0 Å². The standard InChI is InChI=1S/C22H22N2O2/c1-3-11-25-19-6-4-5-17(12-19)13-24-14-20-21(15-24)26-23-22(20)18-9-7-16(2)8-10-18/h1,4-10,12,20-21H,11,13-15H2,2H3/t20-,21+/m1/s1. The summed E-state index contributed by atoms with van der Waals surface area (Å²) in [6, 6.07) is 16.6. The molecule has 0 saturated carbocycles. The van der Waals surface area contributed by atoms with E-state index in [2.05, 4.69) is 59.3 Å². The van der Waals surface area contributed by atoms with E-state index in [0.717, 1.165) is 36.7 Å². The zero-order chi connectivity index (χ0) is 17.9. The Morgan fingerprint density at radius 1 is 1.23 bits per heavy atom. The van der Waals surface area contributed by atoms with Crippen LogP contribution in [0, 0.1) is 25.2 Å². The van der Waals surface area contributed by atoms with Crippen molar-refractivity contribution in [1.82, 2.24) is 4.90 Å². The molecular weight excluding hydrogens is 324 g/mol. The smallest absolute Gasteiger partial charge is 0.149 e. The van der Waals surface area contributed by atoms with Gasteiger partial charge in [0.1, 0.15) is 18.5 Å². The first-order chi connectivity index (χ1) is 12.7. The number of aryl methyl sites for hydroxylation is 1. The van der Waals surface area contributed by atoms with Crippen molar-refractivity contribution >= 4 is 5.71 Å². The summed E-state index contributed by atoms with van der Waals surface area (Å²) >= 11 is 0. The maximum Gasteiger partial charge on any atom is 0.149 e. The van der Waals surface area contributed by atoms with Gasteiger partial charge in [0.05, 0.1) is 11.6 Å². The molecule has 2 atom stereocenters. The highest BCUT2D eigenvalue weighted by Gasteiger charge is 2.42. The Hall–Kier alpha value is -2.77. The number of hydrogen-bond donors (Lipinski definition) is 0. The molecule has 2 heterocycles. The first-order valence-electron chi connectivity index (χ1n) is 8.91. The van der Waals surface area contributed by atoms with Crippen molar-refractivity contribution in [3.8, 4) is 18.1 Å². The lowest BCUT2D eigenvalue weighted by Crippen LogP contribution is -2.23. The Bertz CT molecular complexity index is 851. The van der Waals surface area contributed by atoms with E-state index >= 15 is 0 Å². The van der Waals surface area contributed by atoms with Crippen LogP contribution in [0.1, 0.15) is 16.7 Å². The normalized spacial score (nSPS) is 21.6. The van der Waals surface area contributed by atoms with Gasteiger partial charge >= 0.3 is 0 Å². The molecule has 2 aromatic carbocycles. The van der Waals surface area contributed by atoms with E-state index < -0.39 is 0 Å². The molecule has 4 heteroatoms. The van der Waals surface area contributed by atoms with Crippen LogP contribution >= 0.6 is 0 Å². The van der Waals surface area contributed by atoms with Crippen LogP contribution in [-0.4, -0.2) is 36.4 Å². The van der Waals surface area contributed by atoms with Gasteiger partial charge in [-0.2, -0.15) is 0 Å². The summed E-state index contributed by atoms with van der Waals surface area (Å²) in [6.07, 6.45) is 5.41. The first kappa shape index (κ1) is 16.7. The molecule has 2 aliphatic heterocycles. The third-order valence-corrected chi connectivity index (χ3v) is 4.95. The summed E-state index contributed by atoms with van der Waals surface area (Å²) in [7, 11) is 0. The number of oxime groups is 1. The van der Waals surface area contributed by atoms with Crippen LogP contribution in [0.15, 0.2) is 53.7 Å². The molecule has 0 N–H and O–H groups in total. The van der Waals surface area contributed by atoms with Crippen molar-refractivity contribution in [2.75, 3.05) is 19.7 Å². The van der Waals surface area contributed by atoms with Gasteiger partial charge in [0, 0.05) is 19.6 Å². The number of rotatable bonds is 5. The monoisotopic (exact) mass is 346 g/mol. The lowest BCUT2D eigenvalue weighted by molar-refractivity contribution is 0.0745. The van der Waals surface area contributed by atoms with Gasteiger partial charge in [-0.3, -0.25) is 4.90 Å². The van der Waals surface area contributed by atoms with Crippen molar-refractivity contribution in [3.05, 3.63) is 65.2 Å². The molecule has 0 aromatic heterocycles. The number of benzene rings is 2. The fourth-order valence-electron chi connectivity index (χ4n) is 3.65. The van der Waals surface area contributed by atoms with Crippen molar-refractivity contribution in [2.45, 2.75) is 19.6 Å². The third kappa shape index (κ3) is 3.44. The second-order valence-corrected chi connectivity index (χ2v) is 6.93. The van der Waals surface area contributed by atoms with Crippen LogP contribution in [-0.2, 0) is 11.4 Å². The number of nitrogens with zero attached hydrogens (tertiary/aromatic N) is 2. The highest BCUT2D eigenvalue weighted by Crippen LogP contribution is 2.31. The molecular formula is C22H22N2O2. The van der Waals surface area contributed by atoms with E-state index in [-0.39, 0.29) is 6.10 Å². The molecule has 1 saturated heterocycles. The number of hydrogen-bond acceptors (Lipinski definition) is 4. The Morgan fingerprint density at radius 2 is 2.08 bits per heavy atom. The summed E-state index contributed by atoms with van der Waals surface area (Å²) in [6.45, 7) is 5.09. The zero-order valence-corrected chi connectivity index (χ0v) is 14.9.